The normalized spacial score (nSPS) is 34.9. The van der Waals surface area contributed by atoms with Crippen molar-refractivity contribution in [1.82, 2.24) is 15.2 Å². The van der Waals surface area contributed by atoms with E-state index in [1.165, 1.54) is 0 Å². The average molecular weight is 468 g/mol. The van der Waals surface area contributed by atoms with Crippen molar-refractivity contribution in [3.63, 3.8) is 0 Å². The van der Waals surface area contributed by atoms with E-state index in [2.05, 4.69) is 10.3 Å². The molecule has 33 heavy (non-hydrogen) atoms. The lowest BCUT2D eigenvalue weighted by atomic mass is 9.78. The molecule has 2 saturated carbocycles. The number of carbonyl (C=O) groups excluding carboxylic acids is 1. The van der Waals surface area contributed by atoms with Gasteiger partial charge in [-0.1, -0.05) is 0 Å². The predicted octanol–water partition coefficient (Wildman–Crippen LogP) is 2.92. The van der Waals surface area contributed by atoms with Crippen molar-refractivity contribution >= 4 is 5.91 Å². The van der Waals surface area contributed by atoms with E-state index < -0.39 is 23.3 Å². The molecule has 1 aromatic rings. The topological polar surface area (TPSA) is 74.7 Å². The SMILES string of the molecule is CC(O)[C@]1(C(=O)N2CCc3ncc(C(F)(F)F)cc3C2)CC[C@@H](NC2C3CCC2COC3)C1. The molecule has 1 amide bonds. The van der Waals surface area contributed by atoms with E-state index in [1.54, 1.807) is 11.8 Å². The Morgan fingerprint density at radius 3 is 2.70 bits per heavy atom. The molecule has 1 saturated heterocycles. The van der Waals surface area contributed by atoms with Crippen LogP contribution >= 0.6 is 0 Å². The summed E-state index contributed by atoms with van der Waals surface area (Å²) >= 11 is 0. The molecule has 2 N–H and O–H groups in total. The molecule has 3 unspecified atom stereocenters. The third-order valence-electron chi connectivity index (χ3n) is 8.45. The molecule has 2 aliphatic heterocycles. The summed E-state index contributed by atoms with van der Waals surface area (Å²) < 4.78 is 45.1. The second kappa shape index (κ2) is 8.50. The fourth-order valence-corrected chi connectivity index (χ4v) is 6.50. The molecule has 4 aliphatic rings. The van der Waals surface area contributed by atoms with Crippen LogP contribution in [0.3, 0.4) is 0 Å². The van der Waals surface area contributed by atoms with Gasteiger partial charge in [-0.3, -0.25) is 9.78 Å². The third kappa shape index (κ3) is 4.17. The van der Waals surface area contributed by atoms with Gasteiger partial charge in [-0.15, -0.1) is 0 Å². The van der Waals surface area contributed by atoms with Crippen molar-refractivity contribution in [2.75, 3.05) is 19.8 Å². The van der Waals surface area contributed by atoms with Crippen LogP contribution in [-0.2, 0) is 28.7 Å². The molecular weight excluding hydrogens is 435 g/mol. The second-order valence-corrected chi connectivity index (χ2v) is 10.4. The summed E-state index contributed by atoms with van der Waals surface area (Å²) in [5.74, 6) is 0.865. The zero-order valence-corrected chi connectivity index (χ0v) is 18.9. The number of nitrogens with one attached hydrogen (secondary N) is 1. The lowest BCUT2D eigenvalue weighted by molar-refractivity contribution is -0.149. The van der Waals surface area contributed by atoms with Crippen molar-refractivity contribution in [3.05, 3.63) is 29.1 Å². The van der Waals surface area contributed by atoms with E-state index in [4.69, 9.17) is 4.74 Å². The van der Waals surface area contributed by atoms with E-state index in [0.29, 0.717) is 54.9 Å². The summed E-state index contributed by atoms with van der Waals surface area (Å²) in [4.78, 5) is 19.3. The van der Waals surface area contributed by atoms with Crippen molar-refractivity contribution in [3.8, 4) is 0 Å². The van der Waals surface area contributed by atoms with Gasteiger partial charge in [0.25, 0.3) is 0 Å². The summed E-state index contributed by atoms with van der Waals surface area (Å²) in [6.07, 6.45) is 0.235. The molecule has 6 nitrogen and oxygen atoms in total. The maximum absolute atomic E-state index is 13.7. The fourth-order valence-electron chi connectivity index (χ4n) is 6.50. The molecular formula is C24H32F3N3O3. The number of aliphatic hydroxyl groups is 1. The van der Waals surface area contributed by atoms with Crippen molar-refractivity contribution in [2.24, 2.45) is 17.3 Å². The Morgan fingerprint density at radius 2 is 2.03 bits per heavy atom. The first-order chi connectivity index (χ1) is 15.7. The van der Waals surface area contributed by atoms with E-state index in [1.807, 2.05) is 0 Å². The number of alkyl halides is 3. The van der Waals surface area contributed by atoms with Crippen LogP contribution < -0.4 is 5.32 Å². The number of ether oxygens (including phenoxy) is 1. The lowest BCUT2D eigenvalue weighted by Crippen LogP contribution is -2.52. The Labute approximate surface area is 191 Å². The van der Waals surface area contributed by atoms with Gasteiger partial charge in [0.15, 0.2) is 0 Å². The Morgan fingerprint density at radius 1 is 1.30 bits per heavy atom. The molecule has 0 spiro atoms. The number of hydrogen-bond acceptors (Lipinski definition) is 5. The van der Waals surface area contributed by atoms with Gasteiger partial charge in [0.05, 0.1) is 30.3 Å². The minimum absolute atomic E-state index is 0.0990. The van der Waals surface area contributed by atoms with Crippen LogP contribution in [-0.4, -0.2) is 58.8 Å². The number of aliphatic hydroxyl groups excluding tert-OH is 1. The maximum Gasteiger partial charge on any atom is 0.417 e. The number of amides is 1. The van der Waals surface area contributed by atoms with Gasteiger partial charge in [0, 0.05) is 43.5 Å². The monoisotopic (exact) mass is 467 g/mol. The smallest absolute Gasteiger partial charge is 0.392 e. The highest BCUT2D eigenvalue weighted by molar-refractivity contribution is 5.84. The van der Waals surface area contributed by atoms with Crippen LogP contribution in [0.15, 0.2) is 12.3 Å². The van der Waals surface area contributed by atoms with Gasteiger partial charge in [-0.05, 0) is 62.5 Å². The van der Waals surface area contributed by atoms with E-state index >= 15 is 0 Å². The number of aromatic nitrogens is 1. The highest BCUT2D eigenvalue weighted by atomic mass is 19.4. The van der Waals surface area contributed by atoms with Gasteiger partial charge >= 0.3 is 6.18 Å². The first kappa shape index (κ1) is 23.1. The molecule has 2 aliphatic carbocycles. The number of rotatable bonds is 4. The van der Waals surface area contributed by atoms with Crippen LogP contribution in [0.4, 0.5) is 13.2 Å². The molecule has 182 valence electrons. The van der Waals surface area contributed by atoms with Crippen LogP contribution in [0, 0.1) is 17.3 Å². The molecule has 5 rings (SSSR count). The van der Waals surface area contributed by atoms with Crippen molar-refractivity contribution in [2.45, 2.75) is 76.4 Å². The van der Waals surface area contributed by atoms with Gasteiger partial charge in [-0.25, -0.2) is 0 Å². The Balaban J connectivity index is 1.30. The van der Waals surface area contributed by atoms with Gasteiger partial charge in [0.2, 0.25) is 5.91 Å². The van der Waals surface area contributed by atoms with Crippen LogP contribution in [0.1, 0.15) is 55.8 Å². The summed E-state index contributed by atoms with van der Waals surface area (Å²) in [6, 6.07) is 1.65. The first-order valence-electron chi connectivity index (χ1n) is 12.0. The molecule has 2 bridgehead atoms. The maximum atomic E-state index is 13.7. The summed E-state index contributed by atoms with van der Waals surface area (Å²) in [7, 11) is 0. The highest BCUT2D eigenvalue weighted by Gasteiger charge is 2.52. The number of nitrogens with zero attached hydrogens (tertiary/aromatic N) is 2. The molecule has 9 heteroatoms. The Hall–Kier alpha value is -1.71. The van der Waals surface area contributed by atoms with Crippen LogP contribution in [0.2, 0.25) is 0 Å². The van der Waals surface area contributed by atoms with E-state index in [0.717, 1.165) is 44.7 Å². The lowest BCUT2D eigenvalue weighted by Gasteiger charge is -2.39. The largest absolute Gasteiger partial charge is 0.417 e. The summed E-state index contributed by atoms with van der Waals surface area (Å²) in [6.45, 7) is 3.73. The number of hydrogen-bond donors (Lipinski definition) is 2. The first-order valence-corrected chi connectivity index (χ1v) is 12.0. The Bertz CT molecular complexity index is 893. The summed E-state index contributed by atoms with van der Waals surface area (Å²) in [5, 5.41) is 14.5. The molecule has 3 heterocycles. The number of halogens is 3. The zero-order chi connectivity index (χ0) is 23.4. The zero-order valence-electron chi connectivity index (χ0n) is 18.9. The van der Waals surface area contributed by atoms with Gasteiger partial charge in [-0.2, -0.15) is 13.2 Å². The highest BCUT2D eigenvalue weighted by Crippen LogP contribution is 2.45. The van der Waals surface area contributed by atoms with Crippen LogP contribution in [0.25, 0.3) is 0 Å². The molecule has 1 aromatic heterocycles. The standard InChI is InChI=1S/C24H32F3N3O3/c1-14(31)23(6-4-19(9-23)29-21-15-2-3-16(21)13-33-12-15)22(32)30-7-5-20-17(11-30)8-18(10-28-20)24(25,26)27/h8,10,14-16,19,21,29,31H,2-7,9,11-13H2,1H3/t14?,15?,16?,19-,21?,23+/m1/s1. The number of pyridine rings is 1. The number of carbonyl (C=O) groups is 1. The van der Waals surface area contributed by atoms with Crippen molar-refractivity contribution < 1.29 is 27.8 Å². The second-order valence-electron chi connectivity index (χ2n) is 10.4. The van der Waals surface area contributed by atoms with Gasteiger partial charge < -0.3 is 20.1 Å². The molecule has 3 fully saturated rings. The molecule has 0 aromatic carbocycles. The predicted molar refractivity (Wildman–Crippen MR) is 114 cm³/mol. The quantitative estimate of drug-likeness (QED) is 0.713. The minimum Gasteiger partial charge on any atom is -0.392 e. The average Bonchev–Trinajstić information content (AvgIpc) is 3.29. The molecule has 0 radical (unpaired) electrons. The Kier molecular flexibility index (Phi) is 5.94. The fraction of sp³-hybridized carbons (Fsp3) is 0.750. The van der Waals surface area contributed by atoms with Gasteiger partial charge in [0.1, 0.15) is 0 Å². The van der Waals surface area contributed by atoms with Crippen molar-refractivity contribution in [1.29, 1.82) is 0 Å². The van der Waals surface area contributed by atoms with E-state index in [-0.39, 0.29) is 18.5 Å². The van der Waals surface area contributed by atoms with Crippen LogP contribution in [0.5, 0.6) is 0 Å². The number of fused-ring (bicyclic) bond motifs is 3. The van der Waals surface area contributed by atoms with E-state index in [9.17, 15) is 23.1 Å². The molecule has 5 atom stereocenters. The summed E-state index contributed by atoms with van der Waals surface area (Å²) in [5.41, 5.74) is -0.651. The minimum atomic E-state index is -4.47. The third-order valence-corrected chi connectivity index (χ3v) is 8.45.